The van der Waals surface area contributed by atoms with Crippen molar-refractivity contribution in [2.75, 3.05) is 31.6 Å². The average molecular weight is 566 g/mol. The minimum atomic E-state index is -1.34. The molecule has 1 atom stereocenters. The predicted octanol–water partition coefficient (Wildman–Crippen LogP) is 3.93. The quantitative estimate of drug-likeness (QED) is 0.236. The largest absolute Gasteiger partial charge is 0.492 e. The molecule has 216 valence electrons. The highest BCUT2D eigenvalue weighted by molar-refractivity contribution is 5.91. The summed E-state index contributed by atoms with van der Waals surface area (Å²) in [5.74, 6) is -1.97. The maximum absolute atomic E-state index is 14.4. The summed E-state index contributed by atoms with van der Waals surface area (Å²) in [4.78, 5) is 23.2. The van der Waals surface area contributed by atoms with E-state index in [0.717, 1.165) is 30.8 Å². The van der Waals surface area contributed by atoms with Gasteiger partial charge >= 0.3 is 0 Å². The molecule has 1 aliphatic carbocycles. The van der Waals surface area contributed by atoms with Crippen LogP contribution < -0.4 is 15.8 Å². The fourth-order valence-corrected chi connectivity index (χ4v) is 5.40. The lowest BCUT2D eigenvalue weighted by Gasteiger charge is -2.33. The lowest BCUT2D eigenvalue weighted by molar-refractivity contribution is -0.120. The third-order valence-electron chi connectivity index (χ3n) is 7.41. The molecule has 0 radical (unpaired) electrons. The highest BCUT2D eigenvalue weighted by atomic mass is 19.2. The summed E-state index contributed by atoms with van der Waals surface area (Å²) in [6.45, 7) is 1.99. The first kappa shape index (κ1) is 28.4. The highest BCUT2D eigenvalue weighted by Crippen LogP contribution is 2.28. The van der Waals surface area contributed by atoms with E-state index in [1.807, 2.05) is 18.2 Å². The Hall–Kier alpha value is -4.16. The normalized spacial score (nSPS) is 14.8. The van der Waals surface area contributed by atoms with E-state index < -0.39 is 23.6 Å². The van der Waals surface area contributed by atoms with Crippen molar-refractivity contribution in [1.29, 1.82) is 0 Å². The minimum Gasteiger partial charge on any atom is -0.492 e. The zero-order valence-corrected chi connectivity index (χ0v) is 22.5. The molecule has 2 heterocycles. The first-order valence-electron chi connectivity index (χ1n) is 13.7. The Morgan fingerprint density at radius 1 is 1.17 bits per heavy atom. The van der Waals surface area contributed by atoms with E-state index in [0.29, 0.717) is 42.0 Å². The second kappa shape index (κ2) is 13.0. The van der Waals surface area contributed by atoms with Crippen LogP contribution in [-0.4, -0.2) is 68.0 Å². The lowest BCUT2D eigenvalue weighted by Crippen LogP contribution is -2.41. The van der Waals surface area contributed by atoms with Gasteiger partial charge in [0.05, 0.1) is 24.0 Å². The SMILES string of the molecule is NC(=O)C(c1cccc(F)c1F)n1cc(Nc2ncnc3cc(OCCN(CCO)C4CCCCC4)ccc23)cn1. The number of aliphatic hydroxyl groups is 1. The van der Waals surface area contributed by atoms with Crippen LogP contribution in [0.3, 0.4) is 0 Å². The zero-order valence-electron chi connectivity index (χ0n) is 22.5. The van der Waals surface area contributed by atoms with Gasteiger partial charge in [-0.1, -0.05) is 31.4 Å². The number of benzene rings is 2. The number of rotatable bonds is 12. The van der Waals surface area contributed by atoms with Crippen molar-refractivity contribution >= 4 is 28.3 Å². The topological polar surface area (TPSA) is 131 Å². The fraction of sp³-hybridized carbons (Fsp3) is 0.379. The van der Waals surface area contributed by atoms with Crippen LogP contribution in [0.1, 0.15) is 43.7 Å². The van der Waals surface area contributed by atoms with Crippen LogP contribution in [0.2, 0.25) is 0 Å². The number of hydrogen-bond acceptors (Lipinski definition) is 8. The first-order valence-corrected chi connectivity index (χ1v) is 13.7. The summed E-state index contributed by atoms with van der Waals surface area (Å²) in [6.07, 6.45) is 10.4. The Labute approximate surface area is 236 Å². The van der Waals surface area contributed by atoms with Crippen molar-refractivity contribution in [3.05, 3.63) is 72.3 Å². The van der Waals surface area contributed by atoms with Crippen LogP contribution >= 0.6 is 0 Å². The van der Waals surface area contributed by atoms with Crippen molar-refractivity contribution < 1.29 is 23.4 Å². The van der Waals surface area contributed by atoms with Crippen LogP contribution in [-0.2, 0) is 4.79 Å². The monoisotopic (exact) mass is 565 g/mol. The fourth-order valence-electron chi connectivity index (χ4n) is 5.40. The van der Waals surface area contributed by atoms with E-state index in [2.05, 4.69) is 25.3 Å². The molecule has 41 heavy (non-hydrogen) atoms. The van der Waals surface area contributed by atoms with Gasteiger partial charge in [-0.2, -0.15) is 5.10 Å². The van der Waals surface area contributed by atoms with Gasteiger partial charge in [-0.3, -0.25) is 14.4 Å². The Morgan fingerprint density at radius 2 is 2.00 bits per heavy atom. The maximum Gasteiger partial charge on any atom is 0.247 e. The van der Waals surface area contributed by atoms with Crippen molar-refractivity contribution in [2.45, 2.75) is 44.2 Å². The number of nitrogens with one attached hydrogen (secondary N) is 1. The standard InChI is InChI=1S/C29H33F2N7O3/c30-24-8-4-7-23(26(24)31)27(28(32)40)38-17-19(16-35-38)36-29-22-10-9-21(15-25(22)33-18-34-29)41-14-12-37(11-13-39)20-5-2-1-3-6-20/h4,7-10,15-18,20,27,39H,1-3,5-6,11-14H2,(H2,32,40)(H,33,34,36). The smallest absolute Gasteiger partial charge is 0.247 e. The summed E-state index contributed by atoms with van der Waals surface area (Å²) < 4.78 is 35.4. The maximum atomic E-state index is 14.4. The van der Waals surface area contributed by atoms with Gasteiger partial charge in [-0.15, -0.1) is 0 Å². The number of anilines is 2. The highest BCUT2D eigenvalue weighted by Gasteiger charge is 2.26. The minimum absolute atomic E-state index is 0.128. The molecule has 12 heteroatoms. The molecule has 1 amide bonds. The number of carbonyl (C=O) groups excluding carboxylic acids is 1. The van der Waals surface area contributed by atoms with E-state index >= 15 is 0 Å². The number of nitrogens with two attached hydrogens (primary N) is 1. The average Bonchev–Trinajstić information content (AvgIpc) is 3.43. The summed E-state index contributed by atoms with van der Waals surface area (Å²) in [5, 5.41) is 17.5. The van der Waals surface area contributed by atoms with Crippen molar-refractivity contribution in [3.8, 4) is 5.75 Å². The number of primary amides is 1. The number of nitrogens with zero attached hydrogens (tertiary/aromatic N) is 5. The summed E-state index contributed by atoms with van der Waals surface area (Å²) in [5.41, 5.74) is 6.42. The number of ether oxygens (including phenoxy) is 1. The molecule has 0 saturated heterocycles. The van der Waals surface area contributed by atoms with Gasteiger partial charge in [0, 0.05) is 42.3 Å². The molecular formula is C29H33F2N7O3. The van der Waals surface area contributed by atoms with Gasteiger partial charge in [-0.05, 0) is 31.0 Å². The zero-order chi connectivity index (χ0) is 28.8. The molecule has 4 aromatic rings. The summed E-state index contributed by atoms with van der Waals surface area (Å²) in [6, 6.07) is 8.24. The predicted molar refractivity (Wildman–Crippen MR) is 150 cm³/mol. The van der Waals surface area contributed by atoms with Gasteiger partial charge in [0.2, 0.25) is 5.91 Å². The Morgan fingerprint density at radius 3 is 2.78 bits per heavy atom. The van der Waals surface area contributed by atoms with E-state index in [1.54, 1.807) is 0 Å². The van der Waals surface area contributed by atoms with Crippen LogP contribution in [0.4, 0.5) is 20.3 Å². The first-order chi connectivity index (χ1) is 19.9. The van der Waals surface area contributed by atoms with Crippen LogP contribution in [0.25, 0.3) is 10.9 Å². The molecule has 4 N–H and O–H groups in total. The molecule has 1 fully saturated rings. The number of aromatic nitrogens is 4. The number of hydrogen-bond donors (Lipinski definition) is 3. The second-order valence-electron chi connectivity index (χ2n) is 10.1. The lowest BCUT2D eigenvalue weighted by atomic mass is 9.94. The molecule has 2 aromatic carbocycles. The van der Waals surface area contributed by atoms with Gasteiger partial charge in [-0.25, -0.2) is 18.7 Å². The van der Waals surface area contributed by atoms with Crippen LogP contribution in [0, 0.1) is 11.6 Å². The number of amides is 1. The Balaban J connectivity index is 1.28. The molecule has 0 aliphatic heterocycles. The van der Waals surface area contributed by atoms with Gasteiger partial charge < -0.3 is 20.9 Å². The van der Waals surface area contributed by atoms with Crippen molar-refractivity contribution in [3.63, 3.8) is 0 Å². The van der Waals surface area contributed by atoms with Crippen LogP contribution in [0.5, 0.6) is 5.75 Å². The van der Waals surface area contributed by atoms with E-state index in [9.17, 15) is 18.7 Å². The van der Waals surface area contributed by atoms with E-state index in [1.165, 1.54) is 54.8 Å². The molecule has 1 aliphatic rings. The third-order valence-corrected chi connectivity index (χ3v) is 7.41. The molecule has 5 rings (SSSR count). The number of aliphatic hydroxyl groups excluding tert-OH is 1. The molecule has 10 nitrogen and oxygen atoms in total. The number of fused-ring (bicyclic) bond motifs is 1. The molecule has 1 saturated carbocycles. The summed E-state index contributed by atoms with van der Waals surface area (Å²) >= 11 is 0. The molecule has 0 spiro atoms. The van der Waals surface area contributed by atoms with Gasteiger partial charge in [0.25, 0.3) is 0 Å². The molecule has 2 aromatic heterocycles. The second-order valence-corrected chi connectivity index (χ2v) is 10.1. The Kier molecular flexibility index (Phi) is 9.00. The van der Waals surface area contributed by atoms with E-state index in [4.69, 9.17) is 10.5 Å². The molecular weight excluding hydrogens is 532 g/mol. The Bertz CT molecular complexity index is 1490. The summed E-state index contributed by atoms with van der Waals surface area (Å²) in [7, 11) is 0. The van der Waals surface area contributed by atoms with Crippen LogP contribution in [0.15, 0.2) is 55.1 Å². The van der Waals surface area contributed by atoms with E-state index in [-0.39, 0.29) is 12.2 Å². The van der Waals surface area contributed by atoms with Crippen molar-refractivity contribution in [1.82, 2.24) is 24.6 Å². The number of halogens is 2. The van der Waals surface area contributed by atoms with Gasteiger partial charge in [0.1, 0.15) is 24.5 Å². The molecule has 0 bridgehead atoms. The van der Waals surface area contributed by atoms with Gasteiger partial charge in [0.15, 0.2) is 17.7 Å². The molecule has 1 unspecified atom stereocenters. The number of carbonyl (C=O) groups is 1. The third kappa shape index (κ3) is 6.60. The van der Waals surface area contributed by atoms with Crippen molar-refractivity contribution in [2.24, 2.45) is 5.73 Å².